The molecule has 0 heterocycles. The minimum atomic E-state index is -0.948. The van der Waals surface area contributed by atoms with Crippen LogP contribution >= 0.6 is 0 Å². The van der Waals surface area contributed by atoms with Gasteiger partial charge in [-0.1, -0.05) is 27.7 Å². The Kier molecular flexibility index (Phi) is 7.11. The largest absolute Gasteiger partial charge is 0.481 e. The van der Waals surface area contributed by atoms with Crippen LogP contribution in [0.15, 0.2) is 0 Å². The van der Waals surface area contributed by atoms with E-state index in [1.54, 1.807) is 0 Å². The summed E-state index contributed by atoms with van der Waals surface area (Å²) in [5.74, 6) is -1.00. The number of aliphatic carboxylic acids is 1. The topological polar surface area (TPSA) is 95.5 Å². The predicted octanol–water partition coefficient (Wildman–Crippen LogP) is 1.75. The van der Waals surface area contributed by atoms with Gasteiger partial charge in [0.1, 0.15) is 0 Å². The number of carboxylic acid groups (broad SMARTS) is 1. The summed E-state index contributed by atoms with van der Waals surface area (Å²) in [6.07, 6.45) is 0.189. The Labute approximate surface area is 113 Å². The Morgan fingerprint density at radius 2 is 1.74 bits per heavy atom. The number of carboxylic acids is 1. The molecular weight excluding hydrogens is 248 g/mol. The summed E-state index contributed by atoms with van der Waals surface area (Å²) in [6, 6.07) is -0.533. The summed E-state index contributed by atoms with van der Waals surface area (Å²) in [7, 11) is 0. The SMILES string of the molecule is CC(C)C(C)(C)CNC(=O)NC(=O)CCCC(=O)O. The van der Waals surface area contributed by atoms with E-state index < -0.39 is 17.9 Å². The van der Waals surface area contributed by atoms with Gasteiger partial charge in [-0.05, 0) is 17.8 Å². The highest BCUT2D eigenvalue weighted by atomic mass is 16.4. The summed E-state index contributed by atoms with van der Waals surface area (Å²) in [5, 5.41) is 13.3. The maximum absolute atomic E-state index is 11.5. The van der Waals surface area contributed by atoms with Crippen LogP contribution < -0.4 is 10.6 Å². The summed E-state index contributed by atoms with van der Waals surface area (Å²) < 4.78 is 0. The lowest BCUT2D eigenvalue weighted by molar-refractivity contribution is -0.137. The molecule has 19 heavy (non-hydrogen) atoms. The molecule has 0 fully saturated rings. The minimum absolute atomic E-state index is 0.0350. The first-order valence-corrected chi connectivity index (χ1v) is 6.44. The van der Waals surface area contributed by atoms with Gasteiger partial charge in [0.2, 0.25) is 5.91 Å². The molecule has 0 unspecified atom stereocenters. The molecule has 6 nitrogen and oxygen atoms in total. The minimum Gasteiger partial charge on any atom is -0.481 e. The maximum Gasteiger partial charge on any atom is 0.321 e. The Hall–Kier alpha value is -1.59. The number of imide groups is 1. The summed E-state index contributed by atoms with van der Waals surface area (Å²) in [5.41, 5.74) is -0.0519. The van der Waals surface area contributed by atoms with Gasteiger partial charge < -0.3 is 10.4 Å². The van der Waals surface area contributed by atoms with Crippen LogP contribution in [0.4, 0.5) is 4.79 Å². The van der Waals surface area contributed by atoms with Crippen molar-refractivity contribution in [2.75, 3.05) is 6.54 Å². The van der Waals surface area contributed by atoms with Gasteiger partial charge in [0.25, 0.3) is 0 Å². The first kappa shape index (κ1) is 17.4. The van der Waals surface area contributed by atoms with Crippen molar-refractivity contribution >= 4 is 17.9 Å². The van der Waals surface area contributed by atoms with E-state index in [0.29, 0.717) is 12.5 Å². The van der Waals surface area contributed by atoms with Crippen LogP contribution in [0.1, 0.15) is 47.0 Å². The molecule has 0 radical (unpaired) electrons. The van der Waals surface area contributed by atoms with Crippen LogP contribution in [0.25, 0.3) is 0 Å². The Morgan fingerprint density at radius 3 is 2.21 bits per heavy atom. The molecule has 0 saturated heterocycles. The Morgan fingerprint density at radius 1 is 1.16 bits per heavy atom. The second kappa shape index (κ2) is 7.76. The lowest BCUT2D eigenvalue weighted by atomic mass is 9.81. The molecule has 3 N–H and O–H groups in total. The van der Waals surface area contributed by atoms with E-state index in [0.717, 1.165) is 0 Å². The molecule has 0 atom stereocenters. The van der Waals surface area contributed by atoms with Gasteiger partial charge in [-0.2, -0.15) is 0 Å². The maximum atomic E-state index is 11.5. The van der Waals surface area contributed by atoms with E-state index in [1.807, 2.05) is 13.8 Å². The highest BCUT2D eigenvalue weighted by molar-refractivity contribution is 5.94. The molecule has 0 aromatic rings. The number of urea groups is 1. The van der Waals surface area contributed by atoms with Crippen molar-refractivity contribution in [1.82, 2.24) is 10.6 Å². The molecule has 0 aromatic carbocycles. The lowest BCUT2D eigenvalue weighted by Gasteiger charge is -2.29. The van der Waals surface area contributed by atoms with E-state index in [2.05, 4.69) is 24.5 Å². The van der Waals surface area contributed by atoms with E-state index in [-0.39, 0.29) is 24.7 Å². The fourth-order valence-electron chi connectivity index (χ4n) is 1.15. The number of amides is 3. The monoisotopic (exact) mass is 272 g/mol. The van der Waals surface area contributed by atoms with E-state index in [1.165, 1.54) is 0 Å². The fraction of sp³-hybridized carbons (Fsp3) is 0.769. The normalized spacial score (nSPS) is 11.2. The van der Waals surface area contributed by atoms with Gasteiger partial charge in [0.05, 0.1) is 0 Å². The Bertz CT molecular complexity index is 338. The van der Waals surface area contributed by atoms with Crippen LogP contribution in [0.5, 0.6) is 0 Å². The predicted molar refractivity (Wildman–Crippen MR) is 71.6 cm³/mol. The van der Waals surface area contributed by atoms with Crippen LogP contribution in [-0.2, 0) is 9.59 Å². The second-order valence-corrected chi connectivity index (χ2v) is 5.62. The van der Waals surface area contributed by atoms with Crippen LogP contribution in [0, 0.1) is 11.3 Å². The summed E-state index contributed by atoms with van der Waals surface area (Å²) in [4.78, 5) is 33.1. The van der Waals surface area contributed by atoms with Gasteiger partial charge in [-0.3, -0.25) is 14.9 Å². The van der Waals surface area contributed by atoms with E-state index in [4.69, 9.17) is 5.11 Å². The average molecular weight is 272 g/mol. The van der Waals surface area contributed by atoms with Crippen molar-refractivity contribution in [2.24, 2.45) is 11.3 Å². The molecule has 0 spiro atoms. The molecular formula is C13H24N2O4. The van der Waals surface area contributed by atoms with Crippen LogP contribution in [0.2, 0.25) is 0 Å². The third-order valence-electron chi connectivity index (χ3n) is 3.31. The molecule has 0 rings (SSSR count). The molecule has 110 valence electrons. The molecule has 0 saturated carbocycles. The summed E-state index contributed by atoms with van der Waals surface area (Å²) >= 11 is 0. The van der Waals surface area contributed by atoms with Crippen molar-refractivity contribution in [2.45, 2.75) is 47.0 Å². The fourth-order valence-corrected chi connectivity index (χ4v) is 1.15. The molecule has 0 aliphatic carbocycles. The molecule has 0 aliphatic rings. The van der Waals surface area contributed by atoms with Crippen molar-refractivity contribution in [3.8, 4) is 0 Å². The third kappa shape index (κ3) is 8.18. The van der Waals surface area contributed by atoms with Gasteiger partial charge >= 0.3 is 12.0 Å². The smallest absolute Gasteiger partial charge is 0.321 e. The Balaban J connectivity index is 3.92. The number of hydrogen-bond donors (Lipinski definition) is 3. The molecule has 3 amide bonds. The van der Waals surface area contributed by atoms with Gasteiger partial charge in [0.15, 0.2) is 0 Å². The zero-order valence-corrected chi connectivity index (χ0v) is 12.1. The van der Waals surface area contributed by atoms with E-state index in [9.17, 15) is 14.4 Å². The molecule has 6 heteroatoms. The van der Waals surface area contributed by atoms with Crippen molar-refractivity contribution in [1.29, 1.82) is 0 Å². The van der Waals surface area contributed by atoms with Crippen molar-refractivity contribution < 1.29 is 19.5 Å². The number of carbonyl (C=O) groups excluding carboxylic acids is 2. The number of nitrogens with one attached hydrogen (secondary N) is 2. The highest BCUT2D eigenvalue weighted by Crippen LogP contribution is 2.24. The highest BCUT2D eigenvalue weighted by Gasteiger charge is 2.23. The van der Waals surface area contributed by atoms with Gasteiger partial charge in [-0.25, -0.2) is 4.79 Å². The first-order chi connectivity index (χ1) is 8.65. The zero-order chi connectivity index (χ0) is 15.1. The zero-order valence-electron chi connectivity index (χ0n) is 12.1. The molecule has 0 aliphatic heterocycles. The number of rotatable bonds is 7. The van der Waals surface area contributed by atoms with Gasteiger partial charge in [0, 0.05) is 19.4 Å². The van der Waals surface area contributed by atoms with E-state index >= 15 is 0 Å². The lowest BCUT2D eigenvalue weighted by Crippen LogP contribution is -2.44. The molecule has 0 aromatic heterocycles. The molecule has 0 bridgehead atoms. The first-order valence-electron chi connectivity index (χ1n) is 6.44. The van der Waals surface area contributed by atoms with Crippen molar-refractivity contribution in [3.63, 3.8) is 0 Å². The van der Waals surface area contributed by atoms with Crippen LogP contribution in [-0.4, -0.2) is 29.6 Å². The standard InChI is InChI=1S/C13H24N2O4/c1-9(2)13(3,4)8-14-12(19)15-10(16)6-5-7-11(17)18/h9H,5-8H2,1-4H3,(H,17,18)(H2,14,15,16,19). The van der Waals surface area contributed by atoms with Crippen molar-refractivity contribution in [3.05, 3.63) is 0 Å². The second-order valence-electron chi connectivity index (χ2n) is 5.62. The van der Waals surface area contributed by atoms with Gasteiger partial charge in [-0.15, -0.1) is 0 Å². The number of carbonyl (C=O) groups is 3. The number of hydrogen-bond acceptors (Lipinski definition) is 3. The summed E-state index contributed by atoms with van der Waals surface area (Å²) in [6.45, 7) is 8.67. The quantitative estimate of drug-likeness (QED) is 0.658. The van der Waals surface area contributed by atoms with Crippen LogP contribution in [0.3, 0.4) is 0 Å². The average Bonchev–Trinajstić information content (AvgIpc) is 2.25. The third-order valence-corrected chi connectivity index (χ3v) is 3.31.